The van der Waals surface area contributed by atoms with Crippen LogP contribution in [0.2, 0.25) is 0 Å². The molecule has 4 rings (SSSR count). The van der Waals surface area contributed by atoms with Gasteiger partial charge in [-0.15, -0.1) is 0 Å². The lowest BCUT2D eigenvalue weighted by atomic mass is 9.95. The van der Waals surface area contributed by atoms with E-state index < -0.39 is 17.7 Å². The molecule has 1 aromatic heterocycles. The molecule has 0 spiro atoms. The van der Waals surface area contributed by atoms with Crippen LogP contribution < -0.4 is 19.1 Å². The second-order valence-corrected chi connectivity index (χ2v) is 7.60. The molecule has 3 aromatic rings. The van der Waals surface area contributed by atoms with E-state index in [1.807, 2.05) is 0 Å². The zero-order valence-electron chi connectivity index (χ0n) is 19.3. The van der Waals surface area contributed by atoms with Crippen molar-refractivity contribution in [3.05, 3.63) is 96.2 Å². The van der Waals surface area contributed by atoms with Crippen LogP contribution in [0.25, 0.3) is 5.76 Å². The number of aliphatic hydroxyl groups excluding tert-OH is 1. The molecule has 1 fully saturated rings. The van der Waals surface area contributed by atoms with Gasteiger partial charge in [-0.05, 0) is 54.1 Å². The number of benzene rings is 2. The first-order valence-corrected chi connectivity index (χ1v) is 10.8. The average Bonchev–Trinajstić information content (AvgIpc) is 3.17. The number of carbonyl (C=O) groups excluding carboxylic acids is 2. The van der Waals surface area contributed by atoms with Gasteiger partial charge in [-0.1, -0.05) is 24.8 Å². The van der Waals surface area contributed by atoms with Gasteiger partial charge in [0.25, 0.3) is 5.78 Å². The fourth-order valence-corrected chi connectivity index (χ4v) is 3.92. The third-order valence-electron chi connectivity index (χ3n) is 5.56. The molecule has 1 atom stereocenters. The molecule has 8 heteroatoms. The van der Waals surface area contributed by atoms with Gasteiger partial charge in [-0.2, -0.15) is 0 Å². The molecule has 1 N–H and O–H groups in total. The normalized spacial score (nSPS) is 16.7. The van der Waals surface area contributed by atoms with E-state index in [1.54, 1.807) is 66.7 Å². The Bertz CT molecular complexity index is 1280. The molecule has 35 heavy (non-hydrogen) atoms. The highest BCUT2D eigenvalue weighted by molar-refractivity contribution is 6.51. The number of ether oxygens (including phenoxy) is 3. The third-order valence-corrected chi connectivity index (χ3v) is 5.56. The summed E-state index contributed by atoms with van der Waals surface area (Å²) in [7, 11) is 3.01. The van der Waals surface area contributed by atoms with E-state index >= 15 is 0 Å². The van der Waals surface area contributed by atoms with Crippen molar-refractivity contribution in [2.45, 2.75) is 6.04 Å². The standard InChI is InChI=1S/C27H24N2O6/c1-4-15-35-19-11-8-17(9-12-19)25(30)23-24(18-10-13-20(33-2)21(16-18)34-3)29(27(32)26(23)31)22-7-5-6-14-28-22/h4-14,16,24,30H,1,15H2,2-3H3. The molecule has 1 amide bonds. The SMILES string of the molecule is C=CCOc1ccc(C(O)=C2C(=O)C(=O)N(c3ccccn3)C2c2ccc(OC)c(OC)c2)cc1. The van der Waals surface area contributed by atoms with Crippen LogP contribution in [0.4, 0.5) is 5.82 Å². The molecule has 0 aliphatic carbocycles. The number of Topliss-reactive ketones (excluding diaryl/α,β-unsaturated/α-hetero) is 1. The highest BCUT2D eigenvalue weighted by Gasteiger charge is 2.47. The quantitative estimate of drug-likeness (QED) is 0.226. The van der Waals surface area contributed by atoms with Crippen molar-refractivity contribution in [2.75, 3.05) is 25.7 Å². The topological polar surface area (TPSA) is 98.2 Å². The highest BCUT2D eigenvalue weighted by Crippen LogP contribution is 2.43. The lowest BCUT2D eigenvalue weighted by molar-refractivity contribution is -0.132. The first-order valence-electron chi connectivity index (χ1n) is 10.8. The number of hydrogen-bond acceptors (Lipinski definition) is 7. The van der Waals surface area contributed by atoms with Gasteiger partial charge in [0, 0.05) is 11.8 Å². The van der Waals surface area contributed by atoms with Crippen LogP contribution in [-0.4, -0.2) is 42.6 Å². The van der Waals surface area contributed by atoms with E-state index in [0.29, 0.717) is 35.0 Å². The van der Waals surface area contributed by atoms with Gasteiger partial charge >= 0.3 is 5.91 Å². The summed E-state index contributed by atoms with van der Waals surface area (Å²) in [6, 6.07) is 15.7. The Morgan fingerprint density at radius 3 is 2.43 bits per heavy atom. The predicted octanol–water partition coefficient (Wildman–Crippen LogP) is 4.29. The van der Waals surface area contributed by atoms with Crippen molar-refractivity contribution < 1.29 is 28.9 Å². The van der Waals surface area contributed by atoms with Gasteiger partial charge in [0.2, 0.25) is 0 Å². The van der Waals surface area contributed by atoms with Crippen molar-refractivity contribution in [1.29, 1.82) is 0 Å². The number of nitrogens with zero attached hydrogens (tertiary/aromatic N) is 2. The molecule has 0 saturated carbocycles. The maximum Gasteiger partial charge on any atom is 0.301 e. The molecule has 0 radical (unpaired) electrons. The van der Waals surface area contributed by atoms with Crippen molar-refractivity contribution >= 4 is 23.3 Å². The Kier molecular flexibility index (Phi) is 6.82. The lowest BCUT2D eigenvalue weighted by Gasteiger charge is -2.25. The number of pyridine rings is 1. The van der Waals surface area contributed by atoms with Crippen LogP contribution in [0.5, 0.6) is 17.2 Å². The summed E-state index contributed by atoms with van der Waals surface area (Å²) in [6.07, 6.45) is 3.15. The molecule has 0 bridgehead atoms. The summed E-state index contributed by atoms with van der Waals surface area (Å²) in [4.78, 5) is 32.0. The minimum Gasteiger partial charge on any atom is -0.507 e. The van der Waals surface area contributed by atoms with E-state index in [1.165, 1.54) is 25.3 Å². The Labute approximate surface area is 202 Å². The summed E-state index contributed by atoms with van der Waals surface area (Å²) in [6.45, 7) is 3.95. The fraction of sp³-hybridized carbons (Fsp3) is 0.148. The second-order valence-electron chi connectivity index (χ2n) is 7.60. The molecular weight excluding hydrogens is 448 g/mol. The maximum atomic E-state index is 13.2. The molecule has 1 saturated heterocycles. The fourth-order valence-electron chi connectivity index (χ4n) is 3.92. The Hall–Kier alpha value is -4.59. The summed E-state index contributed by atoms with van der Waals surface area (Å²) in [5.74, 6) is -0.164. The van der Waals surface area contributed by atoms with Crippen LogP contribution in [0.3, 0.4) is 0 Å². The van der Waals surface area contributed by atoms with Gasteiger partial charge in [-0.25, -0.2) is 4.98 Å². The van der Waals surface area contributed by atoms with Crippen LogP contribution in [-0.2, 0) is 9.59 Å². The van der Waals surface area contributed by atoms with E-state index in [9.17, 15) is 14.7 Å². The highest BCUT2D eigenvalue weighted by atomic mass is 16.5. The van der Waals surface area contributed by atoms with Crippen molar-refractivity contribution in [1.82, 2.24) is 4.98 Å². The molecule has 2 aromatic carbocycles. The smallest absolute Gasteiger partial charge is 0.301 e. The van der Waals surface area contributed by atoms with E-state index in [0.717, 1.165) is 0 Å². The largest absolute Gasteiger partial charge is 0.507 e. The Balaban J connectivity index is 1.88. The number of hydrogen-bond donors (Lipinski definition) is 1. The first-order chi connectivity index (χ1) is 17.0. The van der Waals surface area contributed by atoms with Crippen LogP contribution in [0.15, 0.2) is 85.1 Å². The van der Waals surface area contributed by atoms with Crippen molar-refractivity contribution in [2.24, 2.45) is 0 Å². The summed E-state index contributed by atoms with van der Waals surface area (Å²) in [5.41, 5.74) is 0.841. The van der Waals surface area contributed by atoms with E-state index in [4.69, 9.17) is 14.2 Å². The van der Waals surface area contributed by atoms with Gasteiger partial charge in [0.1, 0.15) is 23.9 Å². The number of carbonyl (C=O) groups is 2. The van der Waals surface area contributed by atoms with E-state index in [-0.39, 0.29) is 17.2 Å². The molecule has 1 unspecified atom stereocenters. The minimum atomic E-state index is -0.943. The number of amides is 1. The second kappa shape index (κ2) is 10.1. The number of aliphatic hydroxyl groups is 1. The lowest BCUT2D eigenvalue weighted by Crippen LogP contribution is -2.30. The van der Waals surface area contributed by atoms with Gasteiger partial charge in [-0.3, -0.25) is 14.5 Å². The van der Waals surface area contributed by atoms with Crippen LogP contribution in [0, 0.1) is 0 Å². The van der Waals surface area contributed by atoms with E-state index in [2.05, 4.69) is 11.6 Å². The number of aromatic nitrogens is 1. The maximum absolute atomic E-state index is 13.2. The van der Waals surface area contributed by atoms with Crippen LogP contribution in [0.1, 0.15) is 17.2 Å². The Morgan fingerprint density at radius 1 is 1.06 bits per heavy atom. The predicted molar refractivity (Wildman–Crippen MR) is 131 cm³/mol. The van der Waals surface area contributed by atoms with Crippen molar-refractivity contribution in [3.8, 4) is 17.2 Å². The molecule has 2 heterocycles. The van der Waals surface area contributed by atoms with Gasteiger partial charge in [0.05, 0.1) is 25.8 Å². The zero-order valence-corrected chi connectivity index (χ0v) is 19.3. The molecule has 8 nitrogen and oxygen atoms in total. The molecular formula is C27H24N2O6. The number of ketones is 1. The zero-order chi connectivity index (χ0) is 24.9. The minimum absolute atomic E-state index is 0.0624. The average molecular weight is 472 g/mol. The van der Waals surface area contributed by atoms with Crippen molar-refractivity contribution in [3.63, 3.8) is 0 Å². The Morgan fingerprint density at radius 2 is 1.80 bits per heavy atom. The number of rotatable bonds is 8. The summed E-state index contributed by atoms with van der Waals surface area (Å²) in [5, 5.41) is 11.2. The summed E-state index contributed by atoms with van der Waals surface area (Å²) < 4.78 is 16.2. The third kappa shape index (κ3) is 4.46. The summed E-state index contributed by atoms with van der Waals surface area (Å²) >= 11 is 0. The number of methoxy groups -OCH3 is 2. The first kappa shape index (κ1) is 23.6. The molecule has 1 aliphatic heterocycles. The molecule has 1 aliphatic rings. The van der Waals surface area contributed by atoms with Gasteiger partial charge < -0.3 is 19.3 Å². The monoisotopic (exact) mass is 472 g/mol. The molecule has 178 valence electrons. The van der Waals surface area contributed by atoms with Crippen LogP contribution >= 0.6 is 0 Å². The number of anilines is 1. The van der Waals surface area contributed by atoms with Gasteiger partial charge in [0.15, 0.2) is 11.5 Å².